The minimum absolute atomic E-state index is 0.736. The van der Waals surface area contributed by atoms with E-state index in [1.54, 1.807) is 0 Å². The second-order valence-electron chi connectivity index (χ2n) is 6.73. The van der Waals surface area contributed by atoms with Gasteiger partial charge >= 0.3 is 0 Å². The highest BCUT2D eigenvalue weighted by atomic mass is 15.0. The van der Waals surface area contributed by atoms with Gasteiger partial charge in [0.1, 0.15) is 5.82 Å². The Hall–Kier alpha value is -3.20. The second kappa shape index (κ2) is 6.60. The van der Waals surface area contributed by atoms with Crippen LogP contribution in [-0.2, 0) is 0 Å². The maximum atomic E-state index is 4.86. The van der Waals surface area contributed by atoms with Crippen LogP contribution in [0.1, 0.15) is 16.7 Å². The Morgan fingerprint density at radius 2 is 1.54 bits per heavy atom. The van der Waals surface area contributed by atoms with Crippen molar-refractivity contribution in [3.05, 3.63) is 83.4 Å². The molecule has 0 aliphatic heterocycles. The summed E-state index contributed by atoms with van der Waals surface area (Å²) in [5.74, 6) is 1.57. The molecule has 0 saturated heterocycles. The molecule has 3 heteroatoms. The van der Waals surface area contributed by atoms with E-state index in [-0.39, 0.29) is 0 Å². The highest BCUT2D eigenvalue weighted by Gasteiger charge is 2.11. The predicted molar refractivity (Wildman–Crippen MR) is 109 cm³/mol. The largest absolute Gasteiger partial charge is 0.339 e. The van der Waals surface area contributed by atoms with Crippen molar-refractivity contribution in [1.82, 2.24) is 9.97 Å². The lowest BCUT2D eigenvalue weighted by molar-refractivity contribution is 1.21. The number of aryl methyl sites for hydroxylation is 3. The first kappa shape index (κ1) is 16.3. The van der Waals surface area contributed by atoms with Gasteiger partial charge in [-0.05, 0) is 56.2 Å². The number of nitrogens with one attached hydrogen (secondary N) is 1. The van der Waals surface area contributed by atoms with Gasteiger partial charge in [0.05, 0.1) is 5.52 Å². The topological polar surface area (TPSA) is 37.8 Å². The fourth-order valence-corrected chi connectivity index (χ4v) is 3.08. The van der Waals surface area contributed by atoms with Crippen molar-refractivity contribution in [1.29, 1.82) is 0 Å². The number of hydrogen-bond donors (Lipinski definition) is 1. The van der Waals surface area contributed by atoms with E-state index in [2.05, 4.69) is 68.6 Å². The van der Waals surface area contributed by atoms with Crippen LogP contribution in [0.3, 0.4) is 0 Å². The molecule has 0 unspecified atom stereocenters. The van der Waals surface area contributed by atoms with Crippen molar-refractivity contribution in [2.45, 2.75) is 20.8 Å². The molecule has 0 amide bonds. The molecule has 3 nitrogen and oxygen atoms in total. The molecule has 0 aliphatic rings. The maximum Gasteiger partial charge on any atom is 0.162 e. The number of para-hydroxylation sites is 1. The molecule has 4 aromatic rings. The monoisotopic (exact) mass is 339 g/mol. The summed E-state index contributed by atoms with van der Waals surface area (Å²) in [6.07, 6.45) is 0. The first-order valence-corrected chi connectivity index (χ1v) is 8.78. The first-order valence-electron chi connectivity index (χ1n) is 8.78. The van der Waals surface area contributed by atoms with E-state index in [1.165, 1.54) is 16.7 Å². The summed E-state index contributed by atoms with van der Waals surface area (Å²) >= 11 is 0. The van der Waals surface area contributed by atoms with Gasteiger partial charge < -0.3 is 5.32 Å². The van der Waals surface area contributed by atoms with Crippen LogP contribution < -0.4 is 5.32 Å². The number of nitrogens with zero attached hydrogens (tertiary/aromatic N) is 2. The average molecular weight is 339 g/mol. The predicted octanol–water partition coefficient (Wildman–Crippen LogP) is 5.97. The van der Waals surface area contributed by atoms with Gasteiger partial charge in [-0.1, -0.05) is 48.0 Å². The molecule has 0 spiro atoms. The zero-order valence-electron chi connectivity index (χ0n) is 15.2. The fourth-order valence-electron chi connectivity index (χ4n) is 3.08. The summed E-state index contributed by atoms with van der Waals surface area (Å²) in [4.78, 5) is 9.63. The average Bonchev–Trinajstić information content (AvgIpc) is 2.64. The second-order valence-corrected chi connectivity index (χ2v) is 6.73. The standard InChI is InChI=1S/C23H21N3/c1-15-7-6-8-18(13-15)22-24-20-10-5-4-9-19(20)23(26-22)25-21-14-16(2)11-12-17(21)3/h4-14H,1-3H3,(H,24,25,26). The van der Waals surface area contributed by atoms with Gasteiger partial charge in [0.25, 0.3) is 0 Å². The summed E-state index contributed by atoms with van der Waals surface area (Å²) in [5, 5.41) is 4.55. The number of benzene rings is 3. The van der Waals surface area contributed by atoms with Crippen molar-refractivity contribution in [3.8, 4) is 11.4 Å². The lowest BCUT2D eigenvalue weighted by Crippen LogP contribution is -2.01. The molecule has 0 aliphatic carbocycles. The Labute approximate surface area is 153 Å². The highest BCUT2D eigenvalue weighted by molar-refractivity contribution is 5.92. The highest BCUT2D eigenvalue weighted by Crippen LogP contribution is 2.29. The molecular formula is C23H21N3. The number of anilines is 2. The van der Waals surface area contributed by atoms with Crippen molar-refractivity contribution < 1.29 is 0 Å². The molecule has 1 heterocycles. The Balaban J connectivity index is 1.88. The third-order valence-corrected chi connectivity index (χ3v) is 4.53. The molecule has 1 aromatic heterocycles. The molecule has 0 saturated carbocycles. The number of aromatic nitrogens is 2. The minimum atomic E-state index is 0.736. The van der Waals surface area contributed by atoms with Crippen LogP contribution in [0.4, 0.5) is 11.5 Å². The third kappa shape index (κ3) is 3.16. The first-order chi connectivity index (χ1) is 12.6. The zero-order valence-corrected chi connectivity index (χ0v) is 15.2. The van der Waals surface area contributed by atoms with Crippen LogP contribution in [0.25, 0.3) is 22.3 Å². The number of rotatable bonds is 3. The van der Waals surface area contributed by atoms with E-state index in [9.17, 15) is 0 Å². The van der Waals surface area contributed by atoms with Gasteiger partial charge in [-0.25, -0.2) is 9.97 Å². The van der Waals surface area contributed by atoms with Crippen LogP contribution in [0, 0.1) is 20.8 Å². The summed E-state index contributed by atoms with van der Waals surface area (Å²) < 4.78 is 0. The van der Waals surface area contributed by atoms with Crippen LogP contribution in [0.5, 0.6) is 0 Å². The van der Waals surface area contributed by atoms with Crippen molar-refractivity contribution in [2.75, 3.05) is 5.32 Å². The van der Waals surface area contributed by atoms with Gasteiger partial charge in [0.2, 0.25) is 0 Å². The van der Waals surface area contributed by atoms with E-state index in [0.717, 1.165) is 33.8 Å². The fraction of sp³-hybridized carbons (Fsp3) is 0.130. The van der Waals surface area contributed by atoms with Crippen LogP contribution >= 0.6 is 0 Å². The van der Waals surface area contributed by atoms with Gasteiger partial charge in [-0.2, -0.15) is 0 Å². The molecule has 0 atom stereocenters. The Kier molecular flexibility index (Phi) is 4.13. The molecule has 0 bridgehead atoms. The zero-order chi connectivity index (χ0) is 18.1. The Morgan fingerprint density at radius 3 is 2.38 bits per heavy atom. The van der Waals surface area contributed by atoms with E-state index >= 15 is 0 Å². The SMILES string of the molecule is Cc1cccc(-c2nc(Nc3cc(C)ccc3C)c3ccccc3n2)c1. The molecule has 0 radical (unpaired) electrons. The van der Waals surface area contributed by atoms with Gasteiger partial charge in [0, 0.05) is 16.6 Å². The minimum Gasteiger partial charge on any atom is -0.339 e. The van der Waals surface area contributed by atoms with Gasteiger partial charge in [-0.15, -0.1) is 0 Å². The lowest BCUT2D eigenvalue weighted by Gasteiger charge is -2.13. The normalized spacial score (nSPS) is 10.9. The van der Waals surface area contributed by atoms with E-state index < -0.39 is 0 Å². The van der Waals surface area contributed by atoms with Gasteiger partial charge in [-0.3, -0.25) is 0 Å². The smallest absolute Gasteiger partial charge is 0.162 e. The molecule has 128 valence electrons. The number of hydrogen-bond acceptors (Lipinski definition) is 3. The number of fused-ring (bicyclic) bond motifs is 1. The molecule has 26 heavy (non-hydrogen) atoms. The van der Waals surface area contributed by atoms with Gasteiger partial charge in [0.15, 0.2) is 5.82 Å². The van der Waals surface area contributed by atoms with Crippen molar-refractivity contribution in [2.24, 2.45) is 0 Å². The third-order valence-electron chi connectivity index (χ3n) is 4.53. The summed E-state index contributed by atoms with van der Waals surface area (Å²) in [6, 6.07) is 22.8. The van der Waals surface area contributed by atoms with Crippen LogP contribution in [0.2, 0.25) is 0 Å². The summed E-state index contributed by atoms with van der Waals surface area (Å²) in [5.41, 5.74) is 6.64. The van der Waals surface area contributed by atoms with E-state index in [4.69, 9.17) is 9.97 Å². The van der Waals surface area contributed by atoms with E-state index in [1.807, 2.05) is 24.3 Å². The van der Waals surface area contributed by atoms with Crippen molar-refractivity contribution in [3.63, 3.8) is 0 Å². The lowest BCUT2D eigenvalue weighted by atomic mass is 10.1. The Morgan fingerprint density at radius 1 is 0.731 bits per heavy atom. The molecule has 0 fully saturated rings. The van der Waals surface area contributed by atoms with Crippen molar-refractivity contribution >= 4 is 22.4 Å². The van der Waals surface area contributed by atoms with E-state index in [0.29, 0.717) is 0 Å². The van der Waals surface area contributed by atoms with Crippen LogP contribution in [0.15, 0.2) is 66.7 Å². The molecule has 4 rings (SSSR count). The quantitative estimate of drug-likeness (QED) is 0.500. The molecular weight excluding hydrogens is 318 g/mol. The molecule has 1 N–H and O–H groups in total. The maximum absolute atomic E-state index is 4.86. The molecule has 3 aromatic carbocycles. The van der Waals surface area contributed by atoms with Crippen LogP contribution in [-0.4, -0.2) is 9.97 Å². The Bertz CT molecular complexity index is 1100. The summed E-state index contributed by atoms with van der Waals surface area (Å²) in [7, 11) is 0. The summed E-state index contributed by atoms with van der Waals surface area (Å²) in [6.45, 7) is 6.29.